The summed E-state index contributed by atoms with van der Waals surface area (Å²) in [6.45, 7) is 2.50. The molecule has 3 N–H and O–H groups in total. The van der Waals surface area contributed by atoms with Crippen LogP contribution in [0.5, 0.6) is 5.75 Å². The first-order valence-electron chi connectivity index (χ1n) is 12.6. The molecule has 1 aliphatic heterocycles. The predicted octanol–water partition coefficient (Wildman–Crippen LogP) is 1.11. The summed E-state index contributed by atoms with van der Waals surface area (Å²) in [7, 11) is -5.05. The van der Waals surface area contributed by atoms with Crippen LogP contribution in [0.4, 0.5) is 5.69 Å². The molecule has 2 aromatic carbocycles. The summed E-state index contributed by atoms with van der Waals surface area (Å²) in [6, 6.07) is 14.6. The van der Waals surface area contributed by atoms with E-state index in [-0.39, 0.29) is 32.1 Å². The maximum absolute atomic E-state index is 13.6. The van der Waals surface area contributed by atoms with E-state index >= 15 is 0 Å². The molecular weight excluding hydrogens is 545 g/mol. The molecule has 0 aliphatic carbocycles. The van der Waals surface area contributed by atoms with E-state index < -0.39 is 22.8 Å². The summed E-state index contributed by atoms with van der Waals surface area (Å²) in [5.74, 6) is 0.106. The molecule has 3 aromatic rings. The molecule has 39 heavy (non-hydrogen) atoms. The van der Waals surface area contributed by atoms with Crippen molar-refractivity contribution in [2.45, 2.75) is 19.7 Å². The maximum Gasteiger partial charge on any atom is 0.388 e. The van der Waals surface area contributed by atoms with E-state index in [0.29, 0.717) is 42.3 Å². The third kappa shape index (κ3) is 7.38. The minimum atomic E-state index is -3.84. The van der Waals surface area contributed by atoms with E-state index in [1.807, 2.05) is 29.2 Å². The largest absolute Gasteiger partial charge is 0.486 e. The van der Waals surface area contributed by atoms with Gasteiger partial charge in [-0.25, -0.2) is 4.63 Å². The first-order chi connectivity index (χ1) is 18.7. The fourth-order valence-corrected chi connectivity index (χ4v) is 5.79. The van der Waals surface area contributed by atoms with Gasteiger partial charge in [0.15, 0.2) is 0 Å². The van der Waals surface area contributed by atoms with E-state index in [0.717, 1.165) is 11.1 Å². The molecule has 1 aromatic heterocycles. The fourth-order valence-electron chi connectivity index (χ4n) is 4.38. The Morgan fingerprint density at radius 2 is 1.77 bits per heavy atom. The molecule has 0 bridgehead atoms. The highest BCUT2D eigenvalue weighted by Crippen LogP contribution is 2.26. The van der Waals surface area contributed by atoms with Crippen LogP contribution in [0.3, 0.4) is 0 Å². The zero-order valence-corrected chi connectivity index (χ0v) is 23.1. The van der Waals surface area contributed by atoms with Crippen molar-refractivity contribution in [1.29, 1.82) is 0 Å². The number of benzene rings is 2. The second-order valence-corrected chi connectivity index (χ2v) is 11.3. The number of ether oxygens (including phenoxy) is 1. The van der Waals surface area contributed by atoms with E-state index in [2.05, 4.69) is 9.73 Å². The highest BCUT2D eigenvalue weighted by molar-refractivity contribution is 7.88. The molecule has 2 heterocycles. The fraction of sp³-hybridized carbons (Fsp3) is 0.360. The Kier molecular flexibility index (Phi) is 9.64. The van der Waals surface area contributed by atoms with Gasteiger partial charge in [-0.3, -0.25) is 4.79 Å². The number of hydrogen-bond donors (Lipinski definition) is 3. The summed E-state index contributed by atoms with van der Waals surface area (Å²) in [6.07, 6.45) is 2.63. The van der Waals surface area contributed by atoms with Crippen molar-refractivity contribution in [2.75, 3.05) is 44.3 Å². The van der Waals surface area contributed by atoms with Gasteiger partial charge in [0, 0.05) is 44.2 Å². The normalized spacial score (nSPS) is 14.4. The number of halogens is 1. The number of aliphatic hydroxyl groups is 1. The Morgan fingerprint density at radius 1 is 1.08 bits per heavy atom. The first-order valence-corrected chi connectivity index (χ1v) is 14.4. The molecule has 0 unspecified atom stereocenters. The SMILES string of the molecule is CB(O)NS(=O)(=O)N1CCN(c2cnn(-c3cccc(Cl)c3)c(=O)c2OCCc2cccc(CCO)c2)CC1. The summed E-state index contributed by atoms with van der Waals surface area (Å²) in [5, 5.41) is 23.5. The van der Waals surface area contributed by atoms with Crippen LogP contribution in [0.1, 0.15) is 11.1 Å². The summed E-state index contributed by atoms with van der Waals surface area (Å²) < 4.78 is 35.6. The first kappa shape index (κ1) is 29.1. The third-order valence-electron chi connectivity index (χ3n) is 6.24. The molecule has 1 fully saturated rings. The monoisotopic (exact) mass is 575 g/mol. The lowest BCUT2D eigenvalue weighted by Gasteiger charge is -2.35. The van der Waals surface area contributed by atoms with E-state index in [9.17, 15) is 23.3 Å². The molecule has 11 nitrogen and oxygen atoms in total. The van der Waals surface area contributed by atoms with Crippen molar-refractivity contribution in [3.05, 3.63) is 81.2 Å². The lowest BCUT2D eigenvalue weighted by atomic mass is 9.92. The number of piperazine rings is 1. The highest BCUT2D eigenvalue weighted by Gasteiger charge is 2.30. The van der Waals surface area contributed by atoms with Crippen LogP contribution in [-0.4, -0.2) is 79.1 Å². The highest BCUT2D eigenvalue weighted by atomic mass is 35.5. The summed E-state index contributed by atoms with van der Waals surface area (Å²) in [4.78, 5) is 15.5. The van der Waals surface area contributed by atoms with E-state index in [4.69, 9.17) is 16.3 Å². The van der Waals surface area contributed by atoms with Crippen LogP contribution in [0.25, 0.3) is 5.69 Å². The number of aliphatic hydroxyl groups excluding tert-OH is 1. The zero-order chi connectivity index (χ0) is 28.0. The van der Waals surface area contributed by atoms with Crippen LogP contribution in [0.2, 0.25) is 11.8 Å². The second kappa shape index (κ2) is 12.9. The Hall–Kier alpha value is -2.94. The van der Waals surface area contributed by atoms with Gasteiger partial charge in [-0.15, -0.1) is 0 Å². The Labute approximate surface area is 232 Å². The van der Waals surface area contributed by atoms with Gasteiger partial charge in [0.2, 0.25) is 5.75 Å². The minimum Gasteiger partial charge on any atom is -0.486 e. The number of hydrogen-bond acceptors (Lipinski definition) is 8. The van der Waals surface area contributed by atoms with Gasteiger partial charge in [0.1, 0.15) is 5.69 Å². The van der Waals surface area contributed by atoms with Gasteiger partial charge in [0.25, 0.3) is 10.2 Å². The van der Waals surface area contributed by atoms with Crippen molar-refractivity contribution in [2.24, 2.45) is 0 Å². The number of nitrogens with zero attached hydrogens (tertiary/aromatic N) is 4. The number of anilines is 1. The second-order valence-electron chi connectivity index (χ2n) is 9.13. The van der Waals surface area contributed by atoms with Crippen molar-refractivity contribution in [1.82, 2.24) is 18.7 Å². The quantitative estimate of drug-likeness (QED) is 0.289. The topological polar surface area (TPSA) is 137 Å². The molecule has 0 radical (unpaired) electrons. The van der Waals surface area contributed by atoms with Gasteiger partial charge >= 0.3 is 12.6 Å². The lowest BCUT2D eigenvalue weighted by Crippen LogP contribution is -2.54. The molecule has 208 valence electrons. The average molecular weight is 576 g/mol. The molecule has 0 saturated carbocycles. The molecule has 0 spiro atoms. The number of nitrogens with one attached hydrogen (secondary N) is 1. The van der Waals surface area contributed by atoms with Gasteiger partial charge in [-0.05, 0) is 42.6 Å². The van der Waals surface area contributed by atoms with Crippen LogP contribution in [-0.2, 0) is 23.1 Å². The molecular formula is C25H31BClN5O6S. The van der Waals surface area contributed by atoms with Gasteiger partial charge in [-0.1, -0.05) is 41.9 Å². The van der Waals surface area contributed by atoms with Crippen LogP contribution >= 0.6 is 11.6 Å². The average Bonchev–Trinajstić information content (AvgIpc) is 2.89. The summed E-state index contributed by atoms with van der Waals surface area (Å²) >= 11 is 6.14. The lowest BCUT2D eigenvalue weighted by molar-refractivity contribution is 0.299. The van der Waals surface area contributed by atoms with E-state index in [1.54, 1.807) is 24.3 Å². The van der Waals surface area contributed by atoms with Crippen molar-refractivity contribution in [3.8, 4) is 11.4 Å². The van der Waals surface area contributed by atoms with Crippen LogP contribution in [0.15, 0.2) is 59.5 Å². The van der Waals surface area contributed by atoms with E-state index in [1.165, 1.54) is 22.0 Å². The van der Waals surface area contributed by atoms with Gasteiger partial charge in [0.05, 0.1) is 18.5 Å². The van der Waals surface area contributed by atoms with Gasteiger partial charge < -0.3 is 19.8 Å². The smallest absolute Gasteiger partial charge is 0.388 e. The standard InChI is InChI=1S/C25H31BClN5O6S/c1-26(35)29-39(36,37)31-12-10-30(11-13-31)23-18-28-32(22-7-3-6-21(27)17-22)25(34)24(23)38-15-9-20-5-2-4-19(16-20)8-14-33/h2-7,16-18,29,33,35H,8-15H2,1H3. The van der Waals surface area contributed by atoms with Crippen LogP contribution in [0, 0.1) is 0 Å². The number of rotatable bonds is 11. The van der Waals surface area contributed by atoms with Crippen molar-refractivity contribution in [3.63, 3.8) is 0 Å². The maximum atomic E-state index is 13.6. The summed E-state index contributed by atoms with van der Waals surface area (Å²) in [5.41, 5.74) is 2.51. The van der Waals surface area contributed by atoms with Gasteiger partial charge in [-0.2, -0.15) is 22.5 Å². The molecule has 0 amide bonds. The molecule has 14 heteroatoms. The molecule has 4 rings (SSSR count). The molecule has 1 saturated heterocycles. The zero-order valence-electron chi connectivity index (χ0n) is 21.5. The van der Waals surface area contributed by atoms with Crippen molar-refractivity contribution < 1.29 is 23.3 Å². The third-order valence-corrected chi connectivity index (χ3v) is 8.15. The number of aromatic nitrogens is 2. The molecule has 1 aliphatic rings. The Morgan fingerprint density at radius 3 is 2.44 bits per heavy atom. The van der Waals surface area contributed by atoms with Crippen LogP contribution < -0.4 is 19.8 Å². The van der Waals surface area contributed by atoms with Crippen molar-refractivity contribution >= 4 is 34.5 Å². The molecule has 0 atom stereocenters. The minimum absolute atomic E-state index is 0.0625. The predicted molar refractivity (Wildman–Crippen MR) is 151 cm³/mol. The Balaban J connectivity index is 1.58. The Bertz CT molecular complexity index is 1450.